The lowest BCUT2D eigenvalue weighted by Crippen LogP contribution is -2.48. The van der Waals surface area contributed by atoms with Crippen LogP contribution in [-0.2, 0) is 4.84 Å². The third kappa shape index (κ3) is 2.29. The minimum Gasteiger partial charge on any atom is -0.295 e. The number of hydrogen-bond acceptors (Lipinski definition) is 3. The lowest BCUT2D eigenvalue weighted by molar-refractivity contribution is -0.247. The lowest BCUT2D eigenvalue weighted by atomic mass is 9.98. The van der Waals surface area contributed by atoms with Crippen LogP contribution in [-0.4, -0.2) is 36.5 Å². The Morgan fingerprint density at radius 2 is 2.15 bits per heavy atom. The summed E-state index contributed by atoms with van der Waals surface area (Å²) in [7, 11) is 1.82. The average molecular weight is 184 g/mol. The minimum atomic E-state index is -0.199. The maximum absolute atomic E-state index is 5.88. The molecule has 0 N–H and O–H groups in total. The molecule has 1 fully saturated rings. The van der Waals surface area contributed by atoms with Crippen LogP contribution in [0.15, 0.2) is 4.99 Å². The van der Waals surface area contributed by atoms with E-state index in [0.29, 0.717) is 0 Å². The smallest absolute Gasteiger partial charge is 0.124 e. The van der Waals surface area contributed by atoms with Gasteiger partial charge in [0.1, 0.15) is 5.60 Å². The topological polar surface area (TPSA) is 24.8 Å². The maximum atomic E-state index is 5.88. The first-order valence-electron chi connectivity index (χ1n) is 5.00. The van der Waals surface area contributed by atoms with E-state index in [2.05, 4.69) is 18.8 Å². The second-order valence-electron chi connectivity index (χ2n) is 3.77. The first-order valence-corrected chi connectivity index (χ1v) is 5.00. The molecule has 0 aromatic carbocycles. The summed E-state index contributed by atoms with van der Waals surface area (Å²) in [6, 6.07) is 0. The van der Waals surface area contributed by atoms with Gasteiger partial charge in [0.15, 0.2) is 0 Å². The predicted molar refractivity (Wildman–Crippen MR) is 55.0 cm³/mol. The van der Waals surface area contributed by atoms with E-state index in [1.165, 1.54) is 6.42 Å². The lowest BCUT2D eigenvalue weighted by Gasteiger charge is -2.39. The van der Waals surface area contributed by atoms with Gasteiger partial charge >= 0.3 is 0 Å². The Kier molecular flexibility index (Phi) is 3.45. The van der Waals surface area contributed by atoms with Gasteiger partial charge in [0.2, 0.25) is 0 Å². The van der Waals surface area contributed by atoms with Crippen LogP contribution in [0.4, 0.5) is 0 Å². The molecule has 0 aromatic rings. The SMILES string of the molecule is CCC(C)(ON1CCC1)C(C)=NC. The van der Waals surface area contributed by atoms with E-state index in [1.54, 1.807) is 0 Å². The standard InChI is InChI=1S/C10H20N2O/c1-5-10(3,9(2)11-4)13-12-7-6-8-12/h5-8H2,1-4H3. The van der Waals surface area contributed by atoms with E-state index < -0.39 is 0 Å². The van der Waals surface area contributed by atoms with Crippen LogP contribution in [0.2, 0.25) is 0 Å². The van der Waals surface area contributed by atoms with Gasteiger partial charge in [0.05, 0.1) is 0 Å². The highest BCUT2D eigenvalue weighted by molar-refractivity contribution is 5.89. The normalized spacial score (nSPS) is 23.8. The van der Waals surface area contributed by atoms with Gasteiger partial charge in [-0.15, -0.1) is 0 Å². The third-order valence-electron chi connectivity index (χ3n) is 2.92. The van der Waals surface area contributed by atoms with Gasteiger partial charge in [-0.1, -0.05) is 6.92 Å². The van der Waals surface area contributed by atoms with E-state index in [4.69, 9.17) is 4.84 Å². The van der Waals surface area contributed by atoms with Gasteiger partial charge in [0.25, 0.3) is 0 Å². The van der Waals surface area contributed by atoms with Gasteiger partial charge in [-0.25, -0.2) is 0 Å². The number of nitrogens with zero attached hydrogens (tertiary/aromatic N) is 2. The van der Waals surface area contributed by atoms with E-state index >= 15 is 0 Å². The number of hydroxylamine groups is 2. The molecular weight excluding hydrogens is 164 g/mol. The Morgan fingerprint density at radius 3 is 2.46 bits per heavy atom. The molecule has 76 valence electrons. The molecule has 0 spiro atoms. The van der Waals surface area contributed by atoms with Gasteiger partial charge in [-0.3, -0.25) is 9.83 Å². The molecule has 0 bridgehead atoms. The van der Waals surface area contributed by atoms with Gasteiger partial charge in [-0.2, -0.15) is 5.06 Å². The number of rotatable bonds is 4. The van der Waals surface area contributed by atoms with Crippen LogP contribution >= 0.6 is 0 Å². The Balaban J connectivity index is 2.56. The summed E-state index contributed by atoms with van der Waals surface area (Å²) in [5.41, 5.74) is 0.872. The zero-order chi connectivity index (χ0) is 9.90. The highest BCUT2D eigenvalue weighted by Gasteiger charge is 2.31. The van der Waals surface area contributed by atoms with E-state index in [0.717, 1.165) is 25.2 Å². The Labute approximate surface area is 80.7 Å². The zero-order valence-corrected chi connectivity index (χ0v) is 9.13. The monoisotopic (exact) mass is 184 g/mol. The largest absolute Gasteiger partial charge is 0.295 e. The Hall–Kier alpha value is -0.410. The summed E-state index contributed by atoms with van der Waals surface area (Å²) in [4.78, 5) is 10.1. The van der Waals surface area contributed by atoms with Crippen molar-refractivity contribution in [2.24, 2.45) is 4.99 Å². The van der Waals surface area contributed by atoms with Crippen LogP contribution < -0.4 is 0 Å². The summed E-state index contributed by atoms with van der Waals surface area (Å²) in [5.74, 6) is 0. The fraction of sp³-hybridized carbons (Fsp3) is 0.900. The van der Waals surface area contributed by atoms with Crippen LogP contribution in [0.25, 0.3) is 0 Å². The quantitative estimate of drug-likeness (QED) is 0.623. The number of hydrogen-bond donors (Lipinski definition) is 0. The first kappa shape index (κ1) is 10.7. The average Bonchev–Trinajstić information content (AvgIpc) is 2.09. The Morgan fingerprint density at radius 1 is 1.54 bits per heavy atom. The maximum Gasteiger partial charge on any atom is 0.124 e. The van der Waals surface area contributed by atoms with Gasteiger partial charge < -0.3 is 0 Å². The van der Waals surface area contributed by atoms with Crippen molar-refractivity contribution in [2.75, 3.05) is 20.1 Å². The molecule has 3 heteroatoms. The van der Waals surface area contributed by atoms with Crippen molar-refractivity contribution in [3.63, 3.8) is 0 Å². The molecule has 3 nitrogen and oxygen atoms in total. The molecule has 1 unspecified atom stereocenters. The van der Waals surface area contributed by atoms with Crippen molar-refractivity contribution in [3.05, 3.63) is 0 Å². The predicted octanol–water partition coefficient (Wildman–Crippen LogP) is 1.88. The molecule has 0 aromatic heterocycles. The van der Waals surface area contributed by atoms with E-state index in [9.17, 15) is 0 Å². The molecule has 0 aliphatic carbocycles. The summed E-state index contributed by atoms with van der Waals surface area (Å²) < 4.78 is 0. The fourth-order valence-corrected chi connectivity index (χ4v) is 1.29. The molecule has 1 saturated heterocycles. The van der Waals surface area contributed by atoms with Crippen molar-refractivity contribution in [3.8, 4) is 0 Å². The molecule has 1 aliphatic rings. The molecule has 13 heavy (non-hydrogen) atoms. The van der Waals surface area contributed by atoms with Crippen LogP contribution in [0.3, 0.4) is 0 Å². The third-order valence-corrected chi connectivity index (χ3v) is 2.92. The molecule has 0 saturated carbocycles. The molecule has 1 aliphatic heterocycles. The first-order chi connectivity index (χ1) is 6.12. The fourth-order valence-electron chi connectivity index (χ4n) is 1.29. The summed E-state index contributed by atoms with van der Waals surface area (Å²) >= 11 is 0. The van der Waals surface area contributed by atoms with Crippen LogP contribution in [0.1, 0.15) is 33.6 Å². The minimum absolute atomic E-state index is 0.199. The summed E-state index contributed by atoms with van der Waals surface area (Å²) in [5, 5.41) is 2.03. The van der Waals surface area contributed by atoms with E-state index in [1.807, 2.05) is 19.0 Å². The second-order valence-corrected chi connectivity index (χ2v) is 3.77. The highest BCUT2D eigenvalue weighted by Crippen LogP contribution is 2.22. The summed E-state index contributed by atoms with van der Waals surface area (Å²) in [6.45, 7) is 8.39. The second kappa shape index (κ2) is 4.20. The van der Waals surface area contributed by atoms with Gasteiger partial charge in [0, 0.05) is 25.8 Å². The molecule has 1 heterocycles. The zero-order valence-electron chi connectivity index (χ0n) is 9.13. The van der Waals surface area contributed by atoms with Crippen molar-refractivity contribution < 1.29 is 4.84 Å². The van der Waals surface area contributed by atoms with Crippen LogP contribution in [0, 0.1) is 0 Å². The molecular formula is C10H20N2O. The van der Waals surface area contributed by atoms with Crippen molar-refractivity contribution in [1.82, 2.24) is 5.06 Å². The molecule has 0 radical (unpaired) electrons. The van der Waals surface area contributed by atoms with Gasteiger partial charge in [-0.05, 0) is 26.7 Å². The van der Waals surface area contributed by atoms with Crippen LogP contribution in [0.5, 0.6) is 0 Å². The van der Waals surface area contributed by atoms with Crippen molar-refractivity contribution in [1.29, 1.82) is 0 Å². The molecule has 1 rings (SSSR count). The van der Waals surface area contributed by atoms with Crippen molar-refractivity contribution >= 4 is 5.71 Å². The summed E-state index contributed by atoms with van der Waals surface area (Å²) in [6.07, 6.45) is 2.22. The number of aliphatic imine (C=N–C) groups is 1. The van der Waals surface area contributed by atoms with E-state index in [-0.39, 0.29) is 5.60 Å². The molecule has 1 atom stereocenters. The highest BCUT2D eigenvalue weighted by atomic mass is 16.7. The van der Waals surface area contributed by atoms with Crippen molar-refractivity contribution in [2.45, 2.75) is 39.2 Å². The molecule has 0 amide bonds. The Bertz CT molecular complexity index is 199.